The van der Waals surface area contributed by atoms with E-state index in [1.807, 2.05) is 6.07 Å². The molecular formula is C16H15BrCl2N2O2. The fraction of sp³-hybridized carbons (Fsp3) is 0.188. The maximum absolute atomic E-state index is 12.3. The van der Waals surface area contributed by atoms with E-state index in [9.17, 15) is 4.79 Å². The number of nitrogens with zero attached hydrogens (tertiary/aromatic N) is 1. The van der Waals surface area contributed by atoms with Crippen molar-refractivity contribution in [2.45, 2.75) is 6.54 Å². The highest BCUT2D eigenvalue weighted by atomic mass is 79.9. The summed E-state index contributed by atoms with van der Waals surface area (Å²) in [5.74, 6) is 0.677. The van der Waals surface area contributed by atoms with Gasteiger partial charge in [-0.05, 0) is 36.4 Å². The summed E-state index contributed by atoms with van der Waals surface area (Å²) >= 11 is 15.4. The zero-order chi connectivity index (χ0) is 17.0. The van der Waals surface area contributed by atoms with Crippen LogP contribution in [0, 0.1) is 0 Å². The van der Waals surface area contributed by atoms with E-state index in [-0.39, 0.29) is 6.03 Å². The number of hydrogen-bond acceptors (Lipinski definition) is 2. The lowest BCUT2D eigenvalue weighted by atomic mass is 10.2. The van der Waals surface area contributed by atoms with Crippen LogP contribution in [0.3, 0.4) is 0 Å². The average Bonchev–Trinajstić information content (AvgIpc) is 2.50. The first-order chi connectivity index (χ1) is 10.9. The Kier molecular flexibility index (Phi) is 6.16. The number of ether oxygens (including phenoxy) is 1. The third-order valence-corrected chi connectivity index (χ3v) is 4.21. The van der Waals surface area contributed by atoms with Crippen molar-refractivity contribution in [3.05, 3.63) is 56.5 Å². The fourth-order valence-electron chi connectivity index (χ4n) is 2.00. The molecule has 0 heterocycles. The lowest BCUT2D eigenvalue weighted by Crippen LogP contribution is -2.31. The van der Waals surface area contributed by atoms with Crippen molar-refractivity contribution in [1.29, 1.82) is 0 Å². The summed E-state index contributed by atoms with van der Waals surface area (Å²) in [7, 11) is 3.26. The van der Waals surface area contributed by atoms with Gasteiger partial charge in [0.2, 0.25) is 0 Å². The fourth-order valence-corrected chi connectivity index (χ4v) is 2.91. The van der Waals surface area contributed by atoms with E-state index in [1.54, 1.807) is 44.5 Å². The van der Waals surface area contributed by atoms with E-state index in [0.29, 0.717) is 28.0 Å². The van der Waals surface area contributed by atoms with Gasteiger partial charge < -0.3 is 15.0 Å². The Morgan fingerprint density at radius 3 is 2.65 bits per heavy atom. The van der Waals surface area contributed by atoms with Crippen LogP contribution >= 0.6 is 39.1 Å². The van der Waals surface area contributed by atoms with Crippen molar-refractivity contribution in [2.75, 3.05) is 19.5 Å². The van der Waals surface area contributed by atoms with E-state index in [0.717, 1.165) is 10.0 Å². The van der Waals surface area contributed by atoms with Gasteiger partial charge in [-0.2, -0.15) is 0 Å². The van der Waals surface area contributed by atoms with Crippen LogP contribution in [0.1, 0.15) is 5.56 Å². The molecule has 1 N–H and O–H groups in total. The minimum Gasteiger partial charge on any atom is -0.496 e. The molecule has 0 aliphatic rings. The number of methoxy groups -OCH3 is 1. The van der Waals surface area contributed by atoms with Crippen LogP contribution in [-0.4, -0.2) is 25.1 Å². The van der Waals surface area contributed by atoms with Gasteiger partial charge >= 0.3 is 6.03 Å². The first-order valence-electron chi connectivity index (χ1n) is 6.70. The topological polar surface area (TPSA) is 41.6 Å². The average molecular weight is 418 g/mol. The number of halogens is 3. The van der Waals surface area contributed by atoms with Gasteiger partial charge in [0, 0.05) is 22.1 Å². The quantitative estimate of drug-likeness (QED) is 0.720. The first-order valence-corrected chi connectivity index (χ1v) is 8.25. The molecule has 7 heteroatoms. The zero-order valence-corrected chi connectivity index (χ0v) is 15.7. The summed E-state index contributed by atoms with van der Waals surface area (Å²) in [5.41, 5.74) is 1.37. The summed E-state index contributed by atoms with van der Waals surface area (Å²) < 4.78 is 6.13. The van der Waals surface area contributed by atoms with E-state index in [1.165, 1.54) is 4.90 Å². The van der Waals surface area contributed by atoms with Crippen molar-refractivity contribution in [3.8, 4) is 5.75 Å². The second-order valence-electron chi connectivity index (χ2n) is 4.87. The van der Waals surface area contributed by atoms with E-state index in [4.69, 9.17) is 27.9 Å². The van der Waals surface area contributed by atoms with Gasteiger partial charge in [0.15, 0.2) is 0 Å². The largest absolute Gasteiger partial charge is 0.496 e. The van der Waals surface area contributed by atoms with Gasteiger partial charge in [0.05, 0.1) is 24.4 Å². The van der Waals surface area contributed by atoms with Gasteiger partial charge in [0.25, 0.3) is 0 Å². The summed E-state index contributed by atoms with van der Waals surface area (Å²) in [6.45, 7) is 0.351. The second-order valence-corrected chi connectivity index (χ2v) is 6.63. The highest BCUT2D eigenvalue weighted by Crippen LogP contribution is 2.27. The summed E-state index contributed by atoms with van der Waals surface area (Å²) in [6.07, 6.45) is 0. The van der Waals surface area contributed by atoms with Gasteiger partial charge in [-0.1, -0.05) is 39.1 Å². The van der Waals surface area contributed by atoms with E-state index in [2.05, 4.69) is 21.2 Å². The number of carbonyl (C=O) groups excluding carboxylic acids is 1. The molecule has 2 aromatic carbocycles. The zero-order valence-electron chi connectivity index (χ0n) is 12.6. The predicted octanol–water partition coefficient (Wildman–Crippen LogP) is 5.43. The molecule has 0 fully saturated rings. The Morgan fingerprint density at radius 1 is 1.26 bits per heavy atom. The molecule has 2 aromatic rings. The van der Waals surface area contributed by atoms with Gasteiger partial charge in [-0.25, -0.2) is 4.79 Å². The molecular weight excluding hydrogens is 403 g/mol. The first kappa shape index (κ1) is 17.9. The van der Waals surface area contributed by atoms with E-state index >= 15 is 0 Å². The number of nitrogens with one attached hydrogen (secondary N) is 1. The predicted molar refractivity (Wildman–Crippen MR) is 97.6 cm³/mol. The van der Waals surface area contributed by atoms with Crippen molar-refractivity contribution in [2.24, 2.45) is 0 Å². The molecule has 0 spiro atoms. The van der Waals surface area contributed by atoms with Crippen LogP contribution < -0.4 is 10.1 Å². The number of urea groups is 1. The smallest absolute Gasteiger partial charge is 0.321 e. The number of rotatable bonds is 4. The van der Waals surface area contributed by atoms with E-state index < -0.39 is 0 Å². The van der Waals surface area contributed by atoms with Crippen LogP contribution in [0.5, 0.6) is 5.75 Å². The minimum absolute atomic E-state index is 0.281. The lowest BCUT2D eigenvalue weighted by molar-refractivity contribution is 0.220. The monoisotopic (exact) mass is 416 g/mol. The summed E-state index contributed by atoms with van der Waals surface area (Å²) in [6, 6.07) is 10.3. The van der Waals surface area contributed by atoms with Crippen LogP contribution in [0.15, 0.2) is 40.9 Å². The summed E-state index contributed by atoms with van der Waals surface area (Å²) in [4.78, 5) is 13.8. The highest BCUT2D eigenvalue weighted by molar-refractivity contribution is 9.10. The van der Waals surface area contributed by atoms with Gasteiger partial charge in [0.1, 0.15) is 5.75 Å². The molecule has 0 aliphatic carbocycles. The van der Waals surface area contributed by atoms with Gasteiger partial charge in [-0.3, -0.25) is 0 Å². The molecule has 0 aliphatic heterocycles. The number of carbonyl (C=O) groups is 1. The lowest BCUT2D eigenvalue weighted by Gasteiger charge is -2.20. The Hall–Kier alpha value is -1.43. The van der Waals surface area contributed by atoms with Crippen molar-refractivity contribution >= 4 is 50.9 Å². The van der Waals surface area contributed by atoms with Crippen LogP contribution in [0.4, 0.5) is 10.5 Å². The summed E-state index contributed by atoms with van der Waals surface area (Å²) in [5, 5.41) is 3.82. The molecule has 0 aromatic heterocycles. The van der Waals surface area contributed by atoms with Crippen molar-refractivity contribution in [1.82, 2.24) is 4.90 Å². The normalized spacial score (nSPS) is 10.3. The molecule has 0 unspecified atom stereocenters. The van der Waals surface area contributed by atoms with Crippen molar-refractivity contribution in [3.63, 3.8) is 0 Å². The molecule has 4 nitrogen and oxygen atoms in total. The van der Waals surface area contributed by atoms with Crippen LogP contribution in [-0.2, 0) is 6.54 Å². The Balaban J connectivity index is 2.10. The molecule has 2 amide bonds. The Bertz CT molecular complexity index is 725. The highest BCUT2D eigenvalue weighted by Gasteiger charge is 2.14. The van der Waals surface area contributed by atoms with Crippen LogP contribution in [0.2, 0.25) is 10.0 Å². The number of hydrogen-bond donors (Lipinski definition) is 1. The number of anilines is 1. The minimum atomic E-state index is -0.281. The molecule has 122 valence electrons. The molecule has 0 atom stereocenters. The number of amides is 2. The molecule has 0 bridgehead atoms. The SMILES string of the molecule is COc1ccc(Cl)cc1CN(C)C(=O)Nc1ccc(Br)cc1Cl. The third-order valence-electron chi connectivity index (χ3n) is 3.17. The molecule has 0 saturated heterocycles. The molecule has 2 rings (SSSR count). The Labute approximate surface area is 153 Å². The third kappa shape index (κ3) is 4.77. The maximum Gasteiger partial charge on any atom is 0.321 e. The Morgan fingerprint density at radius 2 is 2.00 bits per heavy atom. The molecule has 0 saturated carbocycles. The van der Waals surface area contributed by atoms with Crippen LogP contribution in [0.25, 0.3) is 0 Å². The van der Waals surface area contributed by atoms with Gasteiger partial charge in [-0.15, -0.1) is 0 Å². The second kappa shape index (κ2) is 7.90. The van der Waals surface area contributed by atoms with Crippen molar-refractivity contribution < 1.29 is 9.53 Å². The maximum atomic E-state index is 12.3. The number of benzene rings is 2. The molecule has 23 heavy (non-hydrogen) atoms. The standard InChI is InChI=1S/C16H15BrCl2N2O2/c1-21(9-10-7-12(18)4-6-15(10)23-2)16(22)20-14-5-3-11(17)8-13(14)19/h3-8H,9H2,1-2H3,(H,20,22). The molecule has 0 radical (unpaired) electrons.